The summed E-state index contributed by atoms with van der Waals surface area (Å²) in [4.78, 5) is 13.1. The van der Waals surface area contributed by atoms with Gasteiger partial charge in [-0.05, 0) is 48.4 Å². The molecule has 8 heteroatoms. The molecule has 1 aliphatic rings. The molecule has 0 aliphatic carbocycles. The van der Waals surface area contributed by atoms with E-state index in [2.05, 4.69) is 19.2 Å². The number of sulfonamides is 1. The first-order chi connectivity index (χ1) is 15.2. The molecule has 0 bridgehead atoms. The standard InChI is InChI=1S/C24H30Cl2N2O3S/c1-17(2)13-23(18-7-4-3-5-8-18)27-24(29)19-9-6-12-28(15-19)32(30,31)16-20-10-11-21(25)14-22(20)26/h3-5,7-8,10-11,14,17,19,23H,6,9,12-13,15-16H2,1-2H3,(H,27,29)/t19-,23-/m0/s1. The number of benzene rings is 2. The molecule has 0 spiro atoms. The van der Waals surface area contributed by atoms with Crippen LogP contribution in [0.1, 0.15) is 50.3 Å². The van der Waals surface area contributed by atoms with E-state index < -0.39 is 10.0 Å². The summed E-state index contributed by atoms with van der Waals surface area (Å²) in [6.07, 6.45) is 2.13. The molecule has 1 N–H and O–H groups in total. The minimum absolute atomic E-state index is 0.0936. The molecule has 1 heterocycles. The highest BCUT2D eigenvalue weighted by Crippen LogP contribution is 2.27. The third kappa shape index (κ3) is 6.70. The number of hydrogen-bond acceptors (Lipinski definition) is 3. The lowest BCUT2D eigenvalue weighted by atomic mass is 9.94. The predicted octanol–water partition coefficient (Wildman–Crippen LogP) is 5.44. The predicted molar refractivity (Wildman–Crippen MR) is 130 cm³/mol. The number of piperidine rings is 1. The fourth-order valence-electron chi connectivity index (χ4n) is 4.06. The van der Waals surface area contributed by atoms with Gasteiger partial charge in [-0.1, -0.05) is 73.4 Å². The molecule has 1 aliphatic heterocycles. The zero-order valence-corrected chi connectivity index (χ0v) is 20.8. The third-order valence-corrected chi connectivity index (χ3v) is 8.11. The van der Waals surface area contributed by atoms with Gasteiger partial charge in [0.1, 0.15) is 0 Å². The van der Waals surface area contributed by atoms with Gasteiger partial charge >= 0.3 is 0 Å². The van der Waals surface area contributed by atoms with Gasteiger partial charge in [-0.25, -0.2) is 12.7 Å². The van der Waals surface area contributed by atoms with Crippen molar-refractivity contribution in [1.29, 1.82) is 0 Å². The monoisotopic (exact) mass is 496 g/mol. The van der Waals surface area contributed by atoms with Crippen LogP contribution in [0.2, 0.25) is 10.0 Å². The normalized spacial score (nSPS) is 18.5. The summed E-state index contributed by atoms with van der Waals surface area (Å²) >= 11 is 12.1. The van der Waals surface area contributed by atoms with Crippen LogP contribution >= 0.6 is 23.2 Å². The smallest absolute Gasteiger partial charge is 0.224 e. The zero-order chi connectivity index (χ0) is 23.3. The van der Waals surface area contributed by atoms with Crippen LogP contribution in [0.5, 0.6) is 0 Å². The average molecular weight is 497 g/mol. The second-order valence-electron chi connectivity index (χ2n) is 8.79. The first kappa shape index (κ1) is 25.0. The van der Waals surface area contributed by atoms with Crippen molar-refractivity contribution in [1.82, 2.24) is 9.62 Å². The summed E-state index contributed by atoms with van der Waals surface area (Å²) in [6, 6.07) is 14.6. The summed E-state index contributed by atoms with van der Waals surface area (Å²) < 4.78 is 27.5. The average Bonchev–Trinajstić information content (AvgIpc) is 2.75. The largest absolute Gasteiger partial charge is 0.349 e. The van der Waals surface area contributed by atoms with Gasteiger partial charge in [0.15, 0.2) is 0 Å². The van der Waals surface area contributed by atoms with Crippen molar-refractivity contribution in [3.8, 4) is 0 Å². The van der Waals surface area contributed by atoms with Crippen molar-refractivity contribution in [3.63, 3.8) is 0 Å². The zero-order valence-electron chi connectivity index (χ0n) is 18.4. The van der Waals surface area contributed by atoms with Crippen LogP contribution in [0.4, 0.5) is 0 Å². The summed E-state index contributed by atoms with van der Waals surface area (Å²) in [6.45, 7) is 4.84. The maximum atomic E-state index is 13.1. The van der Waals surface area contributed by atoms with Crippen LogP contribution in [0.15, 0.2) is 48.5 Å². The lowest BCUT2D eigenvalue weighted by molar-refractivity contribution is -0.127. The Morgan fingerprint density at radius 2 is 1.88 bits per heavy atom. The van der Waals surface area contributed by atoms with Crippen LogP contribution in [-0.4, -0.2) is 31.7 Å². The van der Waals surface area contributed by atoms with Gasteiger partial charge in [-0.3, -0.25) is 4.79 Å². The summed E-state index contributed by atoms with van der Waals surface area (Å²) in [5.41, 5.74) is 1.57. The molecule has 2 aromatic rings. The number of carbonyl (C=O) groups is 1. The maximum Gasteiger partial charge on any atom is 0.224 e. The van der Waals surface area contributed by atoms with Crippen LogP contribution in [0.3, 0.4) is 0 Å². The van der Waals surface area contributed by atoms with E-state index in [-0.39, 0.29) is 30.2 Å². The van der Waals surface area contributed by atoms with Gasteiger partial charge in [-0.15, -0.1) is 0 Å². The highest BCUT2D eigenvalue weighted by Gasteiger charge is 2.33. The van der Waals surface area contributed by atoms with E-state index in [1.54, 1.807) is 18.2 Å². The van der Waals surface area contributed by atoms with Crippen LogP contribution < -0.4 is 5.32 Å². The topological polar surface area (TPSA) is 66.5 Å². The van der Waals surface area contributed by atoms with Gasteiger partial charge < -0.3 is 5.32 Å². The lowest BCUT2D eigenvalue weighted by Crippen LogP contribution is -2.46. The first-order valence-electron chi connectivity index (χ1n) is 10.9. The SMILES string of the molecule is CC(C)C[C@H](NC(=O)[C@H]1CCCN(S(=O)(=O)Cc2ccc(Cl)cc2Cl)C1)c1ccccc1. The second kappa shape index (κ2) is 11.0. The number of amides is 1. The molecule has 1 amide bonds. The quantitative estimate of drug-likeness (QED) is 0.528. The van der Waals surface area contributed by atoms with E-state index >= 15 is 0 Å². The molecule has 1 saturated heterocycles. The van der Waals surface area contributed by atoms with Gasteiger partial charge in [0.25, 0.3) is 0 Å². The number of nitrogens with zero attached hydrogens (tertiary/aromatic N) is 1. The second-order valence-corrected chi connectivity index (χ2v) is 11.6. The van der Waals surface area contributed by atoms with Crippen molar-refractivity contribution in [2.24, 2.45) is 11.8 Å². The summed E-state index contributed by atoms with van der Waals surface area (Å²) in [5.74, 6) is -0.272. The number of nitrogens with one attached hydrogen (secondary N) is 1. The van der Waals surface area contributed by atoms with E-state index in [1.165, 1.54) is 4.31 Å². The summed E-state index contributed by atoms with van der Waals surface area (Å²) in [7, 11) is -3.61. The van der Waals surface area contributed by atoms with Gasteiger partial charge in [0, 0.05) is 23.1 Å². The molecule has 3 rings (SSSR count). The molecule has 174 valence electrons. The number of carbonyl (C=O) groups excluding carboxylic acids is 1. The Morgan fingerprint density at radius 3 is 2.53 bits per heavy atom. The van der Waals surface area contributed by atoms with Gasteiger partial charge in [0.2, 0.25) is 15.9 Å². The van der Waals surface area contributed by atoms with E-state index in [0.717, 1.165) is 12.0 Å². The van der Waals surface area contributed by atoms with Crippen LogP contribution in [0.25, 0.3) is 0 Å². The molecule has 0 aromatic heterocycles. The number of rotatable bonds is 8. The Labute approximate surface area is 201 Å². The number of hydrogen-bond donors (Lipinski definition) is 1. The molecule has 5 nitrogen and oxygen atoms in total. The highest BCUT2D eigenvalue weighted by molar-refractivity contribution is 7.88. The molecule has 0 radical (unpaired) electrons. The molecular formula is C24H30Cl2N2O3S. The lowest BCUT2D eigenvalue weighted by Gasteiger charge is -2.32. The number of halogens is 2. The molecule has 0 saturated carbocycles. The van der Waals surface area contributed by atoms with E-state index in [1.807, 2.05) is 30.3 Å². The van der Waals surface area contributed by atoms with Crippen molar-refractivity contribution in [2.75, 3.05) is 13.1 Å². The Morgan fingerprint density at radius 1 is 1.16 bits per heavy atom. The maximum absolute atomic E-state index is 13.1. The van der Waals surface area contributed by atoms with E-state index in [0.29, 0.717) is 40.9 Å². The van der Waals surface area contributed by atoms with Gasteiger partial charge in [-0.2, -0.15) is 0 Å². The summed E-state index contributed by atoms with van der Waals surface area (Å²) in [5, 5.41) is 3.96. The molecular weight excluding hydrogens is 467 g/mol. The van der Waals surface area contributed by atoms with Crippen molar-refractivity contribution < 1.29 is 13.2 Å². The molecule has 0 unspecified atom stereocenters. The van der Waals surface area contributed by atoms with Crippen LogP contribution in [0, 0.1) is 11.8 Å². The van der Waals surface area contributed by atoms with Crippen molar-refractivity contribution in [3.05, 3.63) is 69.7 Å². The Kier molecular flexibility index (Phi) is 8.62. The van der Waals surface area contributed by atoms with Crippen molar-refractivity contribution in [2.45, 2.75) is 44.9 Å². The Hall–Kier alpha value is -1.60. The van der Waals surface area contributed by atoms with Crippen LogP contribution in [-0.2, 0) is 20.6 Å². The highest BCUT2D eigenvalue weighted by atomic mass is 35.5. The van der Waals surface area contributed by atoms with Crippen molar-refractivity contribution >= 4 is 39.1 Å². The molecule has 2 aromatic carbocycles. The molecule has 32 heavy (non-hydrogen) atoms. The third-order valence-electron chi connectivity index (χ3n) is 5.73. The fraction of sp³-hybridized carbons (Fsp3) is 0.458. The Balaban J connectivity index is 1.69. The molecule has 1 fully saturated rings. The molecule has 2 atom stereocenters. The first-order valence-corrected chi connectivity index (χ1v) is 13.3. The van der Waals surface area contributed by atoms with Gasteiger partial charge in [0.05, 0.1) is 17.7 Å². The van der Waals surface area contributed by atoms with E-state index in [4.69, 9.17) is 23.2 Å². The van der Waals surface area contributed by atoms with E-state index in [9.17, 15) is 13.2 Å². The minimum atomic E-state index is -3.61. The Bertz CT molecular complexity index is 1030. The fourth-order valence-corrected chi connectivity index (χ4v) is 6.26. The minimum Gasteiger partial charge on any atom is -0.349 e.